The number of rotatable bonds is 4. The zero-order chi connectivity index (χ0) is 15.1. The monoisotopic (exact) mass is 292 g/mol. The molecular formula is C21H24O. The number of Topliss-reactive ketones (excluding diaryl/α,β-unsaturated/α-hetero) is 1. The van der Waals surface area contributed by atoms with Gasteiger partial charge < -0.3 is 0 Å². The van der Waals surface area contributed by atoms with Crippen LogP contribution in [0.15, 0.2) is 49.6 Å². The number of allylic oxidation sites excluding steroid dienone is 6. The van der Waals surface area contributed by atoms with Crippen molar-refractivity contribution in [3.8, 4) is 0 Å². The van der Waals surface area contributed by atoms with E-state index in [4.69, 9.17) is 0 Å². The summed E-state index contributed by atoms with van der Waals surface area (Å²) in [4.78, 5) is 13.9. The number of fused-ring (bicyclic) bond motifs is 11. The summed E-state index contributed by atoms with van der Waals surface area (Å²) in [5.41, 5.74) is -0.282. The highest BCUT2D eigenvalue weighted by Crippen LogP contribution is 2.77. The molecule has 4 bridgehead atoms. The lowest BCUT2D eigenvalue weighted by Gasteiger charge is -2.37. The predicted octanol–water partition coefficient (Wildman–Crippen LogP) is 4.34. The normalized spacial score (nSPS) is 55.7. The van der Waals surface area contributed by atoms with Crippen molar-refractivity contribution < 1.29 is 4.79 Å². The molecule has 3 saturated carbocycles. The van der Waals surface area contributed by atoms with Gasteiger partial charge in [-0.1, -0.05) is 36.5 Å². The topological polar surface area (TPSA) is 17.1 Å². The average molecular weight is 292 g/mol. The standard InChI is InChI=1S/C21H24O/c1-3-9-20-15-7-5-13(11-15)17(20)18-14-6-8-16(12-14)21(18,10-4-2)19(20)22/h3-8,13-18H,1-2,9-12H2/t13-,14-,15+,16+,17-,18-,20-,21-/m1/s1. The Hall–Kier alpha value is -1.37. The van der Waals surface area contributed by atoms with Gasteiger partial charge in [-0.05, 0) is 61.2 Å². The van der Waals surface area contributed by atoms with Gasteiger partial charge in [-0.15, -0.1) is 13.2 Å². The molecule has 0 amide bonds. The third kappa shape index (κ3) is 1.10. The van der Waals surface area contributed by atoms with E-state index in [2.05, 4.69) is 37.5 Å². The van der Waals surface area contributed by atoms with Crippen molar-refractivity contribution in [2.75, 3.05) is 0 Å². The van der Waals surface area contributed by atoms with E-state index in [0.717, 1.165) is 12.8 Å². The Bertz CT molecular complexity index is 586. The predicted molar refractivity (Wildman–Crippen MR) is 88.0 cm³/mol. The van der Waals surface area contributed by atoms with Crippen LogP contribution < -0.4 is 0 Å². The molecule has 0 heterocycles. The molecule has 0 N–H and O–H groups in total. The van der Waals surface area contributed by atoms with Crippen LogP contribution in [0.4, 0.5) is 0 Å². The maximum absolute atomic E-state index is 13.9. The summed E-state index contributed by atoms with van der Waals surface area (Å²) in [6.07, 6.45) is 17.7. The van der Waals surface area contributed by atoms with Crippen molar-refractivity contribution in [2.45, 2.75) is 25.7 Å². The Morgan fingerprint density at radius 2 is 1.36 bits per heavy atom. The van der Waals surface area contributed by atoms with Gasteiger partial charge in [0.15, 0.2) is 0 Å². The SMILES string of the molecule is C=CC[C@]12C(=O)[C@@]3(CC=C)[C@@H]([C@H]1[C@@H]1C=C[C@H]2C1)[C@@H]1C=C[C@H]3C1. The zero-order valence-electron chi connectivity index (χ0n) is 13.1. The quantitative estimate of drug-likeness (QED) is 0.705. The van der Waals surface area contributed by atoms with Crippen molar-refractivity contribution >= 4 is 5.78 Å². The third-order valence-electron chi connectivity index (χ3n) is 7.87. The first-order chi connectivity index (χ1) is 10.7. The van der Waals surface area contributed by atoms with E-state index in [9.17, 15) is 4.79 Å². The fourth-order valence-corrected chi connectivity index (χ4v) is 7.49. The Kier molecular flexibility index (Phi) is 2.34. The first-order valence-electron chi connectivity index (χ1n) is 8.83. The van der Waals surface area contributed by atoms with Crippen molar-refractivity contribution in [1.29, 1.82) is 0 Å². The van der Waals surface area contributed by atoms with Gasteiger partial charge in [-0.3, -0.25) is 4.79 Å². The molecule has 5 aliphatic rings. The highest BCUT2D eigenvalue weighted by Gasteiger charge is 2.78. The van der Waals surface area contributed by atoms with E-state index >= 15 is 0 Å². The Balaban J connectivity index is 1.74. The molecule has 0 aromatic carbocycles. The van der Waals surface area contributed by atoms with Crippen LogP contribution in [0.2, 0.25) is 0 Å². The van der Waals surface area contributed by atoms with Gasteiger partial charge in [0.25, 0.3) is 0 Å². The van der Waals surface area contributed by atoms with E-state index in [1.54, 1.807) is 0 Å². The molecule has 22 heavy (non-hydrogen) atoms. The fraction of sp³-hybridized carbons (Fsp3) is 0.571. The second-order valence-corrected chi connectivity index (χ2v) is 8.23. The summed E-state index contributed by atoms with van der Waals surface area (Å²) in [7, 11) is 0. The smallest absolute Gasteiger partial charge is 0.147 e. The maximum Gasteiger partial charge on any atom is 0.147 e. The van der Waals surface area contributed by atoms with Crippen molar-refractivity contribution in [3.63, 3.8) is 0 Å². The molecule has 5 aliphatic carbocycles. The number of hydrogen-bond acceptors (Lipinski definition) is 1. The van der Waals surface area contributed by atoms with Crippen molar-refractivity contribution in [3.05, 3.63) is 49.6 Å². The molecule has 0 aromatic heterocycles. The Labute approximate surface area is 132 Å². The fourth-order valence-electron chi connectivity index (χ4n) is 7.49. The molecule has 0 radical (unpaired) electrons. The summed E-state index contributed by atoms with van der Waals surface area (Å²) in [6, 6.07) is 0. The van der Waals surface area contributed by atoms with Gasteiger partial charge in [0.05, 0.1) is 0 Å². The van der Waals surface area contributed by atoms with Gasteiger partial charge in [-0.25, -0.2) is 0 Å². The van der Waals surface area contributed by atoms with Crippen LogP contribution in [0.3, 0.4) is 0 Å². The average Bonchev–Trinajstić information content (AvgIpc) is 3.27. The Morgan fingerprint density at radius 3 is 1.77 bits per heavy atom. The van der Waals surface area contributed by atoms with Gasteiger partial charge in [0, 0.05) is 10.8 Å². The first-order valence-corrected chi connectivity index (χ1v) is 8.83. The van der Waals surface area contributed by atoms with Crippen molar-refractivity contribution in [1.82, 2.24) is 0 Å². The van der Waals surface area contributed by atoms with Gasteiger partial charge in [0.2, 0.25) is 0 Å². The van der Waals surface area contributed by atoms with Crippen LogP contribution in [0.25, 0.3) is 0 Å². The van der Waals surface area contributed by atoms with E-state index in [0.29, 0.717) is 41.3 Å². The lowest BCUT2D eigenvalue weighted by atomic mass is 9.64. The first kappa shape index (κ1) is 13.1. The van der Waals surface area contributed by atoms with Crippen molar-refractivity contribution in [2.24, 2.45) is 46.3 Å². The lowest BCUT2D eigenvalue weighted by molar-refractivity contribution is -0.137. The van der Waals surface area contributed by atoms with Crippen LogP contribution in [-0.2, 0) is 4.79 Å². The van der Waals surface area contributed by atoms with Gasteiger partial charge in [-0.2, -0.15) is 0 Å². The number of carbonyl (C=O) groups is 1. The van der Waals surface area contributed by atoms with Gasteiger partial charge >= 0.3 is 0 Å². The Morgan fingerprint density at radius 1 is 0.909 bits per heavy atom. The number of hydrogen-bond donors (Lipinski definition) is 0. The zero-order valence-corrected chi connectivity index (χ0v) is 13.1. The summed E-state index contributed by atoms with van der Waals surface area (Å²) >= 11 is 0. The molecule has 114 valence electrons. The van der Waals surface area contributed by atoms with Crippen LogP contribution in [0.1, 0.15) is 25.7 Å². The minimum atomic E-state index is -0.141. The van der Waals surface area contributed by atoms with E-state index in [1.165, 1.54) is 12.8 Å². The molecule has 0 aliphatic heterocycles. The molecule has 0 unspecified atom stereocenters. The molecule has 0 saturated heterocycles. The number of carbonyl (C=O) groups excluding carboxylic acids is 1. The maximum atomic E-state index is 13.9. The molecule has 3 fully saturated rings. The van der Waals surface area contributed by atoms with Crippen LogP contribution >= 0.6 is 0 Å². The summed E-state index contributed by atoms with van der Waals surface area (Å²) in [6.45, 7) is 8.00. The van der Waals surface area contributed by atoms with Gasteiger partial charge in [0.1, 0.15) is 5.78 Å². The molecule has 0 aromatic rings. The third-order valence-corrected chi connectivity index (χ3v) is 7.87. The molecule has 8 atom stereocenters. The minimum absolute atomic E-state index is 0.141. The van der Waals surface area contributed by atoms with Crippen LogP contribution in [-0.4, -0.2) is 5.78 Å². The van der Waals surface area contributed by atoms with E-state index in [-0.39, 0.29) is 10.8 Å². The molecule has 1 heteroatoms. The lowest BCUT2D eigenvalue weighted by Crippen LogP contribution is -2.42. The summed E-state index contributed by atoms with van der Waals surface area (Å²) in [5.74, 6) is 3.83. The van der Waals surface area contributed by atoms with E-state index < -0.39 is 0 Å². The molecule has 5 rings (SSSR count). The van der Waals surface area contributed by atoms with Crippen LogP contribution in [0.5, 0.6) is 0 Å². The highest BCUT2D eigenvalue weighted by atomic mass is 16.1. The minimum Gasteiger partial charge on any atom is -0.298 e. The summed E-state index contributed by atoms with van der Waals surface area (Å²) in [5, 5.41) is 0. The molecular weight excluding hydrogens is 268 g/mol. The second-order valence-electron chi connectivity index (χ2n) is 8.23. The summed E-state index contributed by atoms with van der Waals surface area (Å²) < 4.78 is 0. The van der Waals surface area contributed by atoms with Crippen LogP contribution in [0, 0.1) is 46.3 Å². The molecule has 1 nitrogen and oxygen atoms in total. The van der Waals surface area contributed by atoms with E-state index in [1.807, 2.05) is 12.2 Å². The number of ketones is 1. The largest absolute Gasteiger partial charge is 0.298 e. The molecule has 0 spiro atoms. The second kappa shape index (κ2) is 3.93. The highest BCUT2D eigenvalue weighted by molar-refractivity contribution is 5.96.